The van der Waals surface area contributed by atoms with Gasteiger partial charge in [0.15, 0.2) is 0 Å². The molecule has 1 aliphatic rings. The van der Waals surface area contributed by atoms with Crippen LogP contribution < -0.4 is 10.5 Å². The summed E-state index contributed by atoms with van der Waals surface area (Å²) in [6, 6.07) is 4.94. The molecule has 0 amide bonds. The van der Waals surface area contributed by atoms with Crippen molar-refractivity contribution in [3.8, 4) is 0 Å². The van der Waals surface area contributed by atoms with Gasteiger partial charge in [-0.25, -0.2) is 13.1 Å². The summed E-state index contributed by atoms with van der Waals surface area (Å²) >= 11 is 0. The van der Waals surface area contributed by atoms with Gasteiger partial charge in [0.05, 0.1) is 4.90 Å². The van der Waals surface area contributed by atoms with Crippen molar-refractivity contribution in [3.05, 3.63) is 23.8 Å². The maximum absolute atomic E-state index is 12.2. The van der Waals surface area contributed by atoms with E-state index in [4.69, 9.17) is 5.73 Å². The highest BCUT2D eigenvalue weighted by molar-refractivity contribution is 7.89. The largest absolute Gasteiger partial charge is 0.399 e. The van der Waals surface area contributed by atoms with Gasteiger partial charge in [-0.2, -0.15) is 0 Å². The number of anilines is 1. The average Bonchev–Trinajstić information content (AvgIpc) is 2.85. The lowest BCUT2D eigenvalue weighted by atomic mass is 10.2. The number of hydrogen-bond acceptors (Lipinski definition) is 4. The Balaban J connectivity index is 1.99. The number of sulfonamides is 1. The summed E-state index contributed by atoms with van der Waals surface area (Å²) in [4.78, 5) is 2.54. The molecular weight excluding hydrogens is 262 g/mol. The van der Waals surface area contributed by atoms with Gasteiger partial charge in [-0.05, 0) is 50.6 Å². The fourth-order valence-corrected chi connectivity index (χ4v) is 3.63. The molecule has 1 heterocycles. The summed E-state index contributed by atoms with van der Waals surface area (Å²) in [6.07, 6.45) is 2.42. The zero-order chi connectivity index (χ0) is 13.9. The van der Waals surface area contributed by atoms with E-state index in [1.165, 1.54) is 18.9 Å². The second-order valence-corrected chi connectivity index (χ2v) is 6.71. The Kier molecular flexibility index (Phi) is 4.44. The monoisotopic (exact) mass is 283 g/mol. The quantitative estimate of drug-likeness (QED) is 0.789. The second kappa shape index (κ2) is 5.90. The van der Waals surface area contributed by atoms with E-state index in [1.807, 2.05) is 0 Å². The van der Waals surface area contributed by atoms with Crippen molar-refractivity contribution in [2.75, 3.05) is 31.9 Å². The minimum absolute atomic E-state index is 0.272. The minimum Gasteiger partial charge on any atom is -0.399 e. The van der Waals surface area contributed by atoms with Gasteiger partial charge in [0.1, 0.15) is 0 Å². The van der Waals surface area contributed by atoms with Crippen LogP contribution in [0.5, 0.6) is 0 Å². The van der Waals surface area contributed by atoms with Gasteiger partial charge < -0.3 is 10.6 Å². The minimum atomic E-state index is -3.46. The van der Waals surface area contributed by atoms with Crippen LogP contribution in [0.2, 0.25) is 0 Å². The molecule has 1 fully saturated rings. The van der Waals surface area contributed by atoms with E-state index in [1.54, 1.807) is 19.1 Å². The lowest BCUT2D eigenvalue weighted by molar-refractivity contribution is 0.344. The molecule has 6 heteroatoms. The lowest BCUT2D eigenvalue weighted by Gasteiger charge is -2.15. The third-order valence-electron chi connectivity index (χ3n) is 3.42. The second-order valence-electron chi connectivity index (χ2n) is 4.97. The van der Waals surface area contributed by atoms with Crippen molar-refractivity contribution >= 4 is 15.7 Å². The molecule has 0 radical (unpaired) electrons. The van der Waals surface area contributed by atoms with E-state index in [0.717, 1.165) is 19.6 Å². The Bertz CT molecular complexity index is 537. The van der Waals surface area contributed by atoms with Crippen LogP contribution in [-0.4, -0.2) is 39.5 Å². The summed E-state index contributed by atoms with van der Waals surface area (Å²) < 4.78 is 27.0. The zero-order valence-electron chi connectivity index (χ0n) is 11.2. The highest BCUT2D eigenvalue weighted by atomic mass is 32.2. The smallest absolute Gasteiger partial charge is 0.240 e. The van der Waals surface area contributed by atoms with Crippen LogP contribution >= 0.6 is 0 Å². The summed E-state index contributed by atoms with van der Waals surface area (Å²) in [7, 11) is -3.46. The molecule has 0 spiro atoms. The molecule has 106 valence electrons. The SMILES string of the molecule is Cc1ccc(N)cc1S(=O)(=O)NCCN1CCCC1. The number of aryl methyl sites for hydroxylation is 1. The fraction of sp³-hybridized carbons (Fsp3) is 0.538. The van der Waals surface area contributed by atoms with Crippen molar-refractivity contribution in [2.45, 2.75) is 24.7 Å². The molecule has 1 aromatic carbocycles. The normalized spacial score (nSPS) is 16.9. The molecule has 0 bridgehead atoms. The van der Waals surface area contributed by atoms with Gasteiger partial charge in [0.25, 0.3) is 0 Å². The average molecular weight is 283 g/mol. The van der Waals surface area contributed by atoms with Crippen LogP contribution in [-0.2, 0) is 10.0 Å². The molecule has 1 aliphatic heterocycles. The molecule has 19 heavy (non-hydrogen) atoms. The Morgan fingerprint density at radius 2 is 2.00 bits per heavy atom. The van der Waals surface area contributed by atoms with Gasteiger partial charge in [-0.1, -0.05) is 6.07 Å². The molecule has 3 N–H and O–H groups in total. The summed E-state index contributed by atoms with van der Waals surface area (Å²) in [5.41, 5.74) is 6.83. The first kappa shape index (κ1) is 14.3. The van der Waals surface area contributed by atoms with Gasteiger partial charge in [0.2, 0.25) is 10.0 Å². The highest BCUT2D eigenvalue weighted by Crippen LogP contribution is 2.18. The Morgan fingerprint density at radius 1 is 1.32 bits per heavy atom. The van der Waals surface area contributed by atoms with Crippen LogP contribution in [0.25, 0.3) is 0 Å². The topological polar surface area (TPSA) is 75.4 Å². The molecule has 2 rings (SSSR count). The van der Waals surface area contributed by atoms with Crippen LogP contribution in [0.1, 0.15) is 18.4 Å². The number of nitrogens with two attached hydrogens (primary N) is 1. The van der Waals surface area contributed by atoms with Crippen LogP contribution in [0.3, 0.4) is 0 Å². The van der Waals surface area contributed by atoms with E-state index in [9.17, 15) is 8.42 Å². The lowest BCUT2D eigenvalue weighted by Crippen LogP contribution is -2.33. The predicted octanol–water partition coefficient (Wildman–Crippen LogP) is 0.951. The van der Waals surface area contributed by atoms with Crippen molar-refractivity contribution in [1.82, 2.24) is 9.62 Å². The standard InChI is InChI=1S/C13H21N3O2S/c1-11-4-5-12(14)10-13(11)19(17,18)15-6-9-16-7-2-3-8-16/h4-5,10,15H,2-3,6-9,14H2,1H3. The zero-order valence-corrected chi connectivity index (χ0v) is 12.0. The van der Waals surface area contributed by atoms with Crippen LogP contribution in [0.4, 0.5) is 5.69 Å². The summed E-state index contributed by atoms with van der Waals surface area (Å²) in [6.45, 7) is 5.11. The molecule has 5 nitrogen and oxygen atoms in total. The van der Waals surface area contributed by atoms with E-state index < -0.39 is 10.0 Å². The van der Waals surface area contributed by atoms with E-state index in [0.29, 0.717) is 17.8 Å². The Labute approximate surface area is 114 Å². The van der Waals surface area contributed by atoms with Gasteiger partial charge >= 0.3 is 0 Å². The molecule has 0 unspecified atom stereocenters. The first-order valence-corrected chi connectivity index (χ1v) is 8.05. The maximum atomic E-state index is 12.2. The van der Waals surface area contributed by atoms with Gasteiger partial charge in [-0.15, -0.1) is 0 Å². The predicted molar refractivity (Wildman–Crippen MR) is 76.5 cm³/mol. The summed E-state index contributed by atoms with van der Waals surface area (Å²) in [5, 5.41) is 0. The molecular formula is C13H21N3O2S. The van der Waals surface area contributed by atoms with Crippen molar-refractivity contribution < 1.29 is 8.42 Å². The number of hydrogen-bond donors (Lipinski definition) is 2. The molecule has 0 aromatic heterocycles. The molecule has 1 aromatic rings. The Morgan fingerprint density at radius 3 is 2.68 bits per heavy atom. The number of nitrogens with one attached hydrogen (secondary N) is 1. The van der Waals surface area contributed by atoms with Crippen molar-refractivity contribution in [1.29, 1.82) is 0 Å². The first-order valence-electron chi connectivity index (χ1n) is 6.57. The molecule has 1 saturated heterocycles. The van der Waals surface area contributed by atoms with E-state index >= 15 is 0 Å². The maximum Gasteiger partial charge on any atom is 0.240 e. The van der Waals surface area contributed by atoms with Gasteiger partial charge in [0, 0.05) is 18.8 Å². The number of rotatable bonds is 5. The fourth-order valence-electron chi connectivity index (χ4n) is 2.33. The molecule has 0 aliphatic carbocycles. The van der Waals surface area contributed by atoms with Crippen LogP contribution in [0.15, 0.2) is 23.1 Å². The van der Waals surface area contributed by atoms with E-state index in [-0.39, 0.29) is 4.90 Å². The Hall–Kier alpha value is -1.11. The third-order valence-corrected chi connectivity index (χ3v) is 5.02. The number of likely N-dealkylation sites (tertiary alicyclic amines) is 1. The number of nitrogens with zero attached hydrogens (tertiary/aromatic N) is 1. The van der Waals surface area contributed by atoms with Crippen molar-refractivity contribution in [2.24, 2.45) is 0 Å². The molecule has 0 saturated carbocycles. The van der Waals surface area contributed by atoms with Crippen LogP contribution in [0, 0.1) is 6.92 Å². The first-order chi connectivity index (χ1) is 8.99. The van der Waals surface area contributed by atoms with Gasteiger partial charge in [-0.3, -0.25) is 0 Å². The summed E-state index contributed by atoms with van der Waals surface area (Å²) in [5.74, 6) is 0. The number of benzene rings is 1. The number of nitrogen functional groups attached to an aromatic ring is 1. The third kappa shape index (κ3) is 3.68. The molecule has 0 atom stereocenters. The van der Waals surface area contributed by atoms with Crippen molar-refractivity contribution in [3.63, 3.8) is 0 Å². The highest BCUT2D eigenvalue weighted by Gasteiger charge is 2.18. The van der Waals surface area contributed by atoms with E-state index in [2.05, 4.69) is 9.62 Å².